The molecule has 0 saturated heterocycles. The van der Waals surface area contributed by atoms with Crippen LogP contribution in [0.15, 0.2) is 41.4 Å². The van der Waals surface area contributed by atoms with Gasteiger partial charge in [-0.3, -0.25) is 4.79 Å². The Hall–Kier alpha value is -2.66. The van der Waals surface area contributed by atoms with Crippen molar-refractivity contribution in [2.24, 2.45) is 16.5 Å². The monoisotopic (exact) mass is 295 g/mol. The number of aliphatic imine (C=N–C) groups is 1. The number of carbonyl (C=O) groups is 1. The molecule has 2 aromatic rings. The minimum atomic E-state index is -1.15. The van der Waals surface area contributed by atoms with Crippen molar-refractivity contribution in [3.63, 3.8) is 0 Å². The zero-order valence-electron chi connectivity index (χ0n) is 12.4. The first-order chi connectivity index (χ1) is 10.3. The lowest BCUT2D eigenvalue weighted by molar-refractivity contribution is 0.0999. The molecule has 2 aromatic carbocycles. The van der Waals surface area contributed by atoms with Gasteiger partial charge in [0.25, 0.3) is 5.91 Å². The van der Waals surface area contributed by atoms with Crippen molar-refractivity contribution < 1.29 is 9.90 Å². The van der Waals surface area contributed by atoms with Crippen LogP contribution in [0.5, 0.6) is 0 Å². The van der Waals surface area contributed by atoms with Crippen LogP contribution < -0.4 is 11.5 Å². The Labute approximate surface area is 128 Å². The molecule has 1 aliphatic rings. The lowest BCUT2D eigenvalue weighted by atomic mass is 9.92. The van der Waals surface area contributed by atoms with Gasteiger partial charge in [0.05, 0.1) is 0 Å². The van der Waals surface area contributed by atoms with Crippen LogP contribution in [0.4, 0.5) is 0 Å². The lowest BCUT2D eigenvalue weighted by Gasteiger charge is -2.20. The van der Waals surface area contributed by atoms with Gasteiger partial charge in [-0.25, -0.2) is 0 Å². The minimum Gasteiger partial charge on any atom is -0.381 e. The molecule has 1 aliphatic carbocycles. The fraction of sp³-hybridized carbons (Fsp3) is 0.176. The Morgan fingerprint density at radius 3 is 2.59 bits per heavy atom. The molecule has 5 N–H and O–H groups in total. The van der Waals surface area contributed by atoms with Gasteiger partial charge < -0.3 is 16.6 Å². The number of carbonyl (C=O) groups excluding carboxylic acids is 1. The number of hydrogen-bond acceptors (Lipinski definition) is 2. The highest BCUT2D eigenvalue weighted by atomic mass is 16.3. The summed E-state index contributed by atoms with van der Waals surface area (Å²) in [5.74, 6) is -0.803. The van der Waals surface area contributed by atoms with Crippen molar-refractivity contribution in [3.8, 4) is 11.1 Å². The lowest BCUT2D eigenvalue weighted by Crippen LogP contribution is -2.24. The van der Waals surface area contributed by atoms with Crippen LogP contribution >= 0.6 is 0 Å². The molecule has 1 unspecified atom stereocenters. The Morgan fingerprint density at radius 1 is 1.18 bits per heavy atom. The summed E-state index contributed by atoms with van der Waals surface area (Å²) in [5.41, 5.74) is 14.2. The maximum Gasteiger partial charge on any atom is 0.280 e. The van der Waals surface area contributed by atoms with E-state index in [1.165, 1.54) is 0 Å². The van der Waals surface area contributed by atoms with Crippen LogP contribution in [-0.2, 0) is 5.60 Å². The molecular formula is C17H17N3O2. The molecule has 0 bridgehead atoms. The number of benzene rings is 2. The molecule has 5 nitrogen and oxygen atoms in total. The molecule has 0 spiro atoms. The summed E-state index contributed by atoms with van der Waals surface area (Å²) in [6.45, 7) is 3.73. The summed E-state index contributed by atoms with van der Waals surface area (Å²) in [4.78, 5) is 15.5. The zero-order chi connectivity index (χ0) is 16.1. The molecule has 0 heterocycles. The van der Waals surface area contributed by atoms with Gasteiger partial charge in [0.1, 0.15) is 5.60 Å². The zero-order valence-corrected chi connectivity index (χ0v) is 12.4. The second-order valence-corrected chi connectivity index (χ2v) is 5.67. The summed E-state index contributed by atoms with van der Waals surface area (Å²) in [6, 6.07) is 11.0. The van der Waals surface area contributed by atoms with E-state index in [4.69, 9.17) is 11.5 Å². The predicted octanol–water partition coefficient (Wildman–Crippen LogP) is 1.64. The van der Waals surface area contributed by atoms with Gasteiger partial charge in [-0.15, -0.1) is 0 Å². The van der Waals surface area contributed by atoms with Gasteiger partial charge in [-0.05, 0) is 53.8 Å². The van der Waals surface area contributed by atoms with Gasteiger partial charge >= 0.3 is 0 Å². The van der Waals surface area contributed by atoms with Gasteiger partial charge in [0, 0.05) is 5.56 Å². The molecular weight excluding hydrogens is 278 g/mol. The van der Waals surface area contributed by atoms with Gasteiger partial charge in [0.2, 0.25) is 0 Å². The highest BCUT2D eigenvalue weighted by molar-refractivity contribution is 6.02. The summed E-state index contributed by atoms with van der Waals surface area (Å²) in [5, 5.41) is 10.9. The van der Waals surface area contributed by atoms with Crippen molar-refractivity contribution in [1.29, 1.82) is 0 Å². The second kappa shape index (κ2) is 4.68. The number of amides is 1. The number of guanidine groups is 1. The van der Waals surface area contributed by atoms with E-state index >= 15 is 0 Å². The van der Waals surface area contributed by atoms with Crippen molar-refractivity contribution in [2.75, 3.05) is 0 Å². The predicted molar refractivity (Wildman–Crippen MR) is 85.4 cm³/mol. The average Bonchev–Trinajstić information content (AvgIpc) is 2.68. The van der Waals surface area contributed by atoms with Crippen LogP contribution in [0.2, 0.25) is 0 Å². The first-order valence-corrected chi connectivity index (χ1v) is 6.93. The molecule has 1 amide bonds. The third-order valence-corrected chi connectivity index (χ3v) is 4.09. The Balaban J connectivity index is 2.20. The molecule has 22 heavy (non-hydrogen) atoms. The maximum absolute atomic E-state index is 12.0. The van der Waals surface area contributed by atoms with E-state index in [0.717, 1.165) is 22.3 Å². The normalized spacial score (nSPS) is 18.5. The number of hydrogen-bond donors (Lipinski definition) is 3. The van der Waals surface area contributed by atoms with Crippen molar-refractivity contribution >= 4 is 11.9 Å². The van der Waals surface area contributed by atoms with Gasteiger partial charge in [-0.2, -0.15) is 4.99 Å². The molecule has 0 aromatic heterocycles. The molecule has 0 fully saturated rings. The smallest absolute Gasteiger partial charge is 0.280 e. The number of aryl methyl sites for hydroxylation is 1. The number of nitrogens with zero attached hydrogens (tertiary/aromatic N) is 1. The van der Waals surface area contributed by atoms with Crippen molar-refractivity contribution in [2.45, 2.75) is 19.4 Å². The van der Waals surface area contributed by atoms with E-state index in [1.807, 2.05) is 31.2 Å². The quantitative estimate of drug-likeness (QED) is 0.550. The summed E-state index contributed by atoms with van der Waals surface area (Å²) >= 11 is 0. The fourth-order valence-electron chi connectivity index (χ4n) is 3.06. The Bertz CT molecular complexity index is 819. The average molecular weight is 295 g/mol. The summed E-state index contributed by atoms with van der Waals surface area (Å²) in [7, 11) is 0. The molecule has 0 radical (unpaired) electrons. The van der Waals surface area contributed by atoms with E-state index in [1.54, 1.807) is 19.1 Å². The third-order valence-electron chi connectivity index (χ3n) is 4.09. The summed E-state index contributed by atoms with van der Waals surface area (Å²) in [6.07, 6.45) is 0. The van der Waals surface area contributed by atoms with E-state index in [-0.39, 0.29) is 5.96 Å². The standard InChI is InChI=1S/C17H17N3O2/c1-9-4-3-5-12-14(9)11-7-6-10(15(21)20-16(18)19)8-13(11)17(12,2)22/h3-8,22H,1-2H3,(H4,18,19,20,21). The maximum atomic E-state index is 12.0. The first-order valence-electron chi connectivity index (χ1n) is 6.93. The van der Waals surface area contributed by atoms with E-state index in [0.29, 0.717) is 11.1 Å². The largest absolute Gasteiger partial charge is 0.381 e. The molecule has 112 valence electrons. The third kappa shape index (κ3) is 1.98. The van der Waals surface area contributed by atoms with Crippen LogP contribution in [-0.4, -0.2) is 17.0 Å². The number of fused-ring (bicyclic) bond motifs is 3. The minimum absolute atomic E-state index is 0.281. The van der Waals surface area contributed by atoms with Crippen LogP contribution in [0.1, 0.15) is 34.0 Å². The van der Waals surface area contributed by atoms with Crippen molar-refractivity contribution in [1.82, 2.24) is 0 Å². The van der Waals surface area contributed by atoms with Crippen LogP contribution in [0.3, 0.4) is 0 Å². The van der Waals surface area contributed by atoms with E-state index < -0.39 is 11.5 Å². The Morgan fingerprint density at radius 2 is 1.91 bits per heavy atom. The second-order valence-electron chi connectivity index (χ2n) is 5.67. The fourth-order valence-corrected chi connectivity index (χ4v) is 3.06. The molecule has 0 saturated carbocycles. The molecule has 3 rings (SSSR count). The topological polar surface area (TPSA) is 102 Å². The van der Waals surface area contributed by atoms with Gasteiger partial charge in [0.15, 0.2) is 5.96 Å². The summed E-state index contributed by atoms with van der Waals surface area (Å²) < 4.78 is 0. The Kier molecular flexibility index (Phi) is 3.04. The van der Waals surface area contributed by atoms with Crippen LogP contribution in [0, 0.1) is 6.92 Å². The van der Waals surface area contributed by atoms with E-state index in [2.05, 4.69) is 4.99 Å². The molecule has 1 atom stereocenters. The van der Waals surface area contributed by atoms with E-state index in [9.17, 15) is 9.90 Å². The number of rotatable bonds is 1. The van der Waals surface area contributed by atoms with Crippen LogP contribution in [0.25, 0.3) is 11.1 Å². The highest BCUT2D eigenvalue weighted by Crippen LogP contribution is 2.48. The SMILES string of the molecule is Cc1cccc2c1-c1ccc(C(=O)N=C(N)N)cc1C2(C)O. The molecule has 5 heteroatoms. The van der Waals surface area contributed by atoms with Gasteiger partial charge in [-0.1, -0.05) is 24.3 Å². The van der Waals surface area contributed by atoms with Crippen molar-refractivity contribution in [3.05, 3.63) is 58.7 Å². The highest BCUT2D eigenvalue weighted by Gasteiger charge is 2.38. The molecule has 0 aliphatic heterocycles. The number of aliphatic hydroxyl groups is 1. The first kappa shape index (κ1) is 14.3. The number of nitrogens with two attached hydrogens (primary N) is 2.